The van der Waals surface area contributed by atoms with E-state index >= 15 is 0 Å². The van der Waals surface area contributed by atoms with Gasteiger partial charge in [0.15, 0.2) is 0 Å². The Kier molecular flexibility index (Phi) is 3.73. The zero-order chi connectivity index (χ0) is 11.7. The molecule has 1 aliphatic rings. The summed E-state index contributed by atoms with van der Waals surface area (Å²) >= 11 is 3.85. The van der Waals surface area contributed by atoms with Crippen LogP contribution >= 0.6 is 15.9 Å². The van der Waals surface area contributed by atoms with Gasteiger partial charge in [0.25, 0.3) is 0 Å². The van der Waals surface area contributed by atoms with Gasteiger partial charge < -0.3 is 0 Å². The zero-order valence-corrected chi connectivity index (χ0v) is 12.0. The Bertz CT molecular complexity index is 335. The summed E-state index contributed by atoms with van der Waals surface area (Å²) in [5, 5.41) is 0. The Hall–Kier alpha value is -0.300. The second-order valence-electron chi connectivity index (χ2n) is 5.42. The molecule has 0 heterocycles. The minimum atomic E-state index is 0.529. The number of benzene rings is 1. The maximum Gasteiger partial charge on any atom is 0.0423 e. The van der Waals surface area contributed by atoms with Crippen molar-refractivity contribution in [1.82, 2.24) is 0 Å². The fraction of sp³-hybridized carbons (Fsp3) is 0.600. The number of halogens is 1. The molecule has 88 valence electrons. The van der Waals surface area contributed by atoms with Crippen molar-refractivity contribution in [2.75, 3.05) is 0 Å². The molecule has 0 spiro atoms. The van der Waals surface area contributed by atoms with Crippen molar-refractivity contribution < 1.29 is 0 Å². The van der Waals surface area contributed by atoms with Gasteiger partial charge in [0.05, 0.1) is 0 Å². The maximum absolute atomic E-state index is 3.85. The third kappa shape index (κ3) is 2.68. The molecular formula is C15H21Br. The summed E-state index contributed by atoms with van der Waals surface area (Å²) < 4.78 is 0. The molecule has 1 aromatic rings. The lowest BCUT2D eigenvalue weighted by Gasteiger charge is -2.18. The van der Waals surface area contributed by atoms with E-state index in [0.29, 0.717) is 10.7 Å². The Morgan fingerprint density at radius 3 is 1.94 bits per heavy atom. The quantitative estimate of drug-likeness (QED) is 0.658. The van der Waals surface area contributed by atoms with Crippen LogP contribution in [-0.2, 0) is 0 Å². The molecule has 2 rings (SSSR count). The van der Waals surface area contributed by atoms with Crippen LogP contribution in [-0.4, -0.2) is 0 Å². The second-order valence-corrected chi connectivity index (χ2v) is 6.41. The van der Waals surface area contributed by atoms with Crippen molar-refractivity contribution in [2.24, 2.45) is 11.8 Å². The first kappa shape index (κ1) is 12.2. The molecule has 1 aromatic carbocycles. The third-order valence-electron chi connectivity index (χ3n) is 3.75. The minimum absolute atomic E-state index is 0.529. The first-order valence-corrected chi connectivity index (χ1v) is 7.25. The van der Waals surface area contributed by atoms with Crippen LogP contribution < -0.4 is 0 Å². The molecule has 1 heteroatoms. The molecule has 0 aliphatic heterocycles. The molecule has 2 atom stereocenters. The van der Waals surface area contributed by atoms with Gasteiger partial charge in [0, 0.05) is 4.83 Å². The summed E-state index contributed by atoms with van der Waals surface area (Å²) in [6.45, 7) is 6.86. The van der Waals surface area contributed by atoms with Gasteiger partial charge in [0.1, 0.15) is 0 Å². The smallest absolute Gasteiger partial charge is 0.0423 e. The van der Waals surface area contributed by atoms with Crippen LogP contribution in [0.4, 0.5) is 0 Å². The summed E-state index contributed by atoms with van der Waals surface area (Å²) in [6, 6.07) is 9.11. The second kappa shape index (κ2) is 4.91. The van der Waals surface area contributed by atoms with E-state index in [-0.39, 0.29) is 0 Å². The van der Waals surface area contributed by atoms with E-state index in [9.17, 15) is 0 Å². The Morgan fingerprint density at radius 1 is 1.00 bits per heavy atom. The van der Waals surface area contributed by atoms with Gasteiger partial charge >= 0.3 is 0 Å². The minimum Gasteiger partial charge on any atom is -0.0836 e. The fourth-order valence-corrected chi connectivity index (χ4v) is 2.97. The van der Waals surface area contributed by atoms with E-state index in [1.165, 1.54) is 24.0 Å². The third-order valence-corrected chi connectivity index (χ3v) is 5.11. The predicted octanol–water partition coefficient (Wildman–Crippen LogP) is 5.29. The predicted molar refractivity (Wildman–Crippen MR) is 74.1 cm³/mol. The molecule has 0 amide bonds. The van der Waals surface area contributed by atoms with Crippen LogP contribution in [0.25, 0.3) is 0 Å². The SMILES string of the molecule is CC(C)c1ccc(C(Br)C(C)C2CC2)cc1. The van der Waals surface area contributed by atoms with Crippen LogP contribution in [0.2, 0.25) is 0 Å². The first-order valence-electron chi connectivity index (χ1n) is 6.33. The van der Waals surface area contributed by atoms with Crippen LogP contribution in [0, 0.1) is 11.8 Å². The first-order chi connectivity index (χ1) is 7.59. The largest absolute Gasteiger partial charge is 0.0836 e. The lowest BCUT2D eigenvalue weighted by Crippen LogP contribution is -2.05. The van der Waals surface area contributed by atoms with Crippen LogP contribution in [0.5, 0.6) is 0 Å². The van der Waals surface area contributed by atoms with E-state index in [0.717, 1.165) is 11.8 Å². The molecule has 1 fully saturated rings. The Morgan fingerprint density at radius 2 is 1.50 bits per heavy atom. The Labute approximate surface area is 108 Å². The summed E-state index contributed by atoms with van der Waals surface area (Å²) in [4.78, 5) is 0.529. The van der Waals surface area contributed by atoms with Crippen molar-refractivity contribution in [3.63, 3.8) is 0 Å². The van der Waals surface area contributed by atoms with Crippen molar-refractivity contribution in [3.05, 3.63) is 35.4 Å². The molecular weight excluding hydrogens is 260 g/mol. The lowest BCUT2D eigenvalue weighted by atomic mass is 9.94. The van der Waals surface area contributed by atoms with Gasteiger partial charge in [-0.3, -0.25) is 0 Å². The van der Waals surface area contributed by atoms with E-state index in [2.05, 4.69) is 61.0 Å². The van der Waals surface area contributed by atoms with E-state index in [1.54, 1.807) is 0 Å². The molecule has 1 aliphatic carbocycles. The number of alkyl halides is 1. The van der Waals surface area contributed by atoms with Gasteiger partial charge in [-0.25, -0.2) is 0 Å². The van der Waals surface area contributed by atoms with Crippen molar-refractivity contribution in [2.45, 2.75) is 44.4 Å². The monoisotopic (exact) mass is 280 g/mol. The highest BCUT2D eigenvalue weighted by Gasteiger charge is 2.32. The molecule has 0 nitrogen and oxygen atoms in total. The standard InChI is InChI=1S/C15H21Br/c1-10(2)12-4-8-14(9-5-12)15(16)11(3)13-6-7-13/h4-5,8-11,13,15H,6-7H2,1-3H3. The number of hydrogen-bond acceptors (Lipinski definition) is 0. The van der Waals surface area contributed by atoms with Gasteiger partial charge in [0.2, 0.25) is 0 Å². The van der Waals surface area contributed by atoms with Crippen LogP contribution in [0.1, 0.15) is 55.5 Å². The molecule has 2 unspecified atom stereocenters. The van der Waals surface area contributed by atoms with Crippen LogP contribution in [0.3, 0.4) is 0 Å². The molecule has 0 radical (unpaired) electrons. The molecule has 0 aromatic heterocycles. The van der Waals surface area contributed by atoms with E-state index < -0.39 is 0 Å². The lowest BCUT2D eigenvalue weighted by molar-refractivity contribution is 0.503. The molecule has 16 heavy (non-hydrogen) atoms. The normalized spacial score (nSPS) is 19.8. The van der Waals surface area contributed by atoms with E-state index in [4.69, 9.17) is 0 Å². The molecule has 0 N–H and O–H groups in total. The fourth-order valence-electron chi connectivity index (χ4n) is 2.23. The molecule has 0 saturated heterocycles. The highest BCUT2D eigenvalue weighted by molar-refractivity contribution is 9.09. The van der Waals surface area contributed by atoms with Gasteiger partial charge in [-0.1, -0.05) is 61.0 Å². The van der Waals surface area contributed by atoms with Crippen LogP contribution in [0.15, 0.2) is 24.3 Å². The van der Waals surface area contributed by atoms with Crippen molar-refractivity contribution in [1.29, 1.82) is 0 Å². The summed E-state index contributed by atoms with van der Waals surface area (Å²) in [5.41, 5.74) is 2.87. The van der Waals surface area contributed by atoms with Gasteiger partial charge in [-0.2, -0.15) is 0 Å². The van der Waals surface area contributed by atoms with Gasteiger partial charge in [-0.05, 0) is 41.7 Å². The molecule has 1 saturated carbocycles. The molecule has 0 bridgehead atoms. The summed E-state index contributed by atoms with van der Waals surface area (Å²) in [5.74, 6) is 2.35. The number of hydrogen-bond donors (Lipinski definition) is 0. The highest BCUT2D eigenvalue weighted by atomic mass is 79.9. The van der Waals surface area contributed by atoms with Crippen molar-refractivity contribution >= 4 is 15.9 Å². The summed E-state index contributed by atoms with van der Waals surface area (Å²) in [6.07, 6.45) is 2.85. The van der Waals surface area contributed by atoms with E-state index in [1.807, 2.05) is 0 Å². The average Bonchev–Trinajstić information content (AvgIpc) is 3.11. The Balaban J connectivity index is 2.08. The topological polar surface area (TPSA) is 0 Å². The highest BCUT2D eigenvalue weighted by Crippen LogP contribution is 2.46. The van der Waals surface area contributed by atoms with Gasteiger partial charge in [-0.15, -0.1) is 0 Å². The zero-order valence-electron chi connectivity index (χ0n) is 10.4. The number of rotatable bonds is 4. The average molecular weight is 281 g/mol. The van der Waals surface area contributed by atoms with Crippen molar-refractivity contribution in [3.8, 4) is 0 Å². The summed E-state index contributed by atoms with van der Waals surface area (Å²) in [7, 11) is 0. The maximum atomic E-state index is 3.85.